The molecule has 0 aromatic rings. The highest BCUT2D eigenvalue weighted by atomic mass is 16.5. The number of cyclic esters (lactones) is 1. The standard InChI is InChI=1S/C12H20O2/c1-11-9-7-5-3-2-4-6-8-10-12(13)14-11/h5,7,11H,2-4,6,8-10H2,1H3/b7-5-/t11-/m1/s1. The Morgan fingerprint density at radius 2 is 2.00 bits per heavy atom. The van der Waals surface area contributed by atoms with Crippen molar-refractivity contribution in [1.29, 1.82) is 0 Å². The van der Waals surface area contributed by atoms with Crippen LogP contribution in [0.2, 0.25) is 0 Å². The predicted molar refractivity (Wildman–Crippen MR) is 57.0 cm³/mol. The number of hydrogen-bond acceptors (Lipinski definition) is 2. The number of ether oxygens (including phenoxy) is 1. The fraction of sp³-hybridized carbons (Fsp3) is 0.750. The second kappa shape index (κ2) is 6.63. The number of rotatable bonds is 0. The van der Waals surface area contributed by atoms with E-state index in [1.165, 1.54) is 19.3 Å². The summed E-state index contributed by atoms with van der Waals surface area (Å²) in [6.45, 7) is 1.95. The van der Waals surface area contributed by atoms with Crippen LogP contribution in [0.1, 0.15) is 51.9 Å². The molecular weight excluding hydrogens is 176 g/mol. The number of carbonyl (C=O) groups excluding carboxylic acids is 1. The minimum atomic E-state index is -0.0357. The maximum atomic E-state index is 11.3. The first-order valence-electron chi connectivity index (χ1n) is 5.63. The smallest absolute Gasteiger partial charge is 0.306 e. The van der Waals surface area contributed by atoms with Crippen molar-refractivity contribution in [2.45, 2.75) is 58.0 Å². The number of allylic oxidation sites excluding steroid dienone is 1. The molecule has 2 heteroatoms. The molecular formula is C12H20O2. The monoisotopic (exact) mass is 196 g/mol. The normalized spacial score (nSPS) is 28.4. The van der Waals surface area contributed by atoms with Crippen molar-refractivity contribution >= 4 is 5.97 Å². The molecule has 1 rings (SSSR count). The second-order valence-corrected chi connectivity index (χ2v) is 3.96. The molecule has 0 spiro atoms. The SMILES string of the molecule is C[C@@H]1C/C=C\CCCCCCC(=O)O1. The Balaban J connectivity index is 2.36. The van der Waals surface area contributed by atoms with Crippen LogP contribution in [-0.4, -0.2) is 12.1 Å². The largest absolute Gasteiger partial charge is 0.462 e. The van der Waals surface area contributed by atoms with Gasteiger partial charge in [0.2, 0.25) is 0 Å². The van der Waals surface area contributed by atoms with Gasteiger partial charge in [-0.2, -0.15) is 0 Å². The minimum absolute atomic E-state index is 0.0357. The van der Waals surface area contributed by atoms with E-state index in [1.807, 2.05) is 6.92 Å². The quantitative estimate of drug-likeness (QED) is 0.439. The molecule has 0 unspecified atom stereocenters. The lowest BCUT2D eigenvalue weighted by atomic mass is 10.1. The maximum absolute atomic E-state index is 11.3. The topological polar surface area (TPSA) is 26.3 Å². The molecule has 0 radical (unpaired) electrons. The van der Waals surface area contributed by atoms with Crippen LogP contribution in [0.3, 0.4) is 0 Å². The summed E-state index contributed by atoms with van der Waals surface area (Å²) in [6, 6.07) is 0. The zero-order chi connectivity index (χ0) is 10.2. The molecule has 0 bridgehead atoms. The Hall–Kier alpha value is -0.790. The van der Waals surface area contributed by atoms with Crippen LogP contribution in [0.25, 0.3) is 0 Å². The summed E-state index contributed by atoms with van der Waals surface area (Å²) in [6.07, 6.45) is 11.6. The second-order valence-electron chi connectivity index (χ2n) is 3.96. The summed E-state index contributed by atoms with van der Waals surface area (Å²) in [7, 11) is 0. The highest BCUT2D eigenvalue weighted by Gasteiger charge is 2.08. The van der Waals surface area contributed by atoms with Crippen molar-refractivity contribution in [3.8, 4) is 0 Å². The van der Waals surface area contributed by atoms with Gasteiger partial charge in [0, 0.05) is 12.8 Å². The molecule has 1 atom stereocenters. The molecule has 0 N–H and O–H groups in total. The van der Waals surface area contributed by atoms with Gasteiger partial charge in [-0.25, -0.2) is 0 Å². The van der Waals surface area contributed by atoms with Gasteiger partial charge in [0.15, 0.2) is 0 Å². The molecule has 0 saturated carbocycles. The first-order valence-corrected chi connectivity index (χ1v) is 5.63. The molecule has 1 aliphatic heterocycles. The Labute approximate surface area is 86.3 Å². The molecule has 80 valence electrons. The maximum Gasteiger partial charge on any atom is 0.306 e. The molecule has 0 aromatic heterocycles. The zero-order valence-corrected chi connectivity index (χ0v) is 9.00. The molecule has 0 aliphatic carbocycles. The lowest BCUT2D eigenvalue weighted by Crippen LogP contribution is -2.14. The summed E-state index contributed by atoms with van der Waals surface area (Å²) in [5.41, 5.74) is 0. The van der Waals surface area contributed by atoms with Gasteiger partial charge in [0.25, 0.3) is 0 Å². The molecule has 2 nitrogen and oxygen atoms in total. The van der Waals surface area contributed by atoms with Gasteiger partial charge in [-0.15, -0.1) is 0 Å². The van der Waals surface area contributed by atoms with E-state index < -0.39 is 0 Å². The molecule has 0 fully saturated rings. The van der Waals surface area contributed by atoms with Crippen LogP contribution in [0.4, 0.5) is 0 Å². The van der Waals surface area contributed by atoms with E-state index in [2.05, 4.69) is 12.2 Å². The Kier molecular flexibility index (Phi) is 5.35. The molecule has 0 saturated heterocycles. The van der Waals surface area contributed by atoms with Crippen LogP contribution in [-0.2, 0) is 9.53 Å². The molecule has 0 amide bonds. The van der Waals surface area contributed by atoms with Crippen LogP contribution >= 0.6 is 0 Å². The van der Waals surface area contributed by atoms with Crippen molar-refractivity contribution in [3.63, 3.8) is 0 Å². The Morgan fingerprint density at radius 1 is 1.21 bits per heavy atom. The lowest BCUT2D eigenvalue weighted by molar-refractivity contribution is -0.148. The third-order valence-electron chi connectivity index (χ3n) is 2.47. The highest BCUT2D eigenvalue weighted by molar-refractivity contribution is 5.69. The van der Waals surface area contributed by atoms with E-state index in [0.717, 1.165) is 19.3 Å². The summed E-state index contributed by atoms with van der Waals surface area (Å²) < 4.78 is 5.23. The zero-order valence-electron chi connectivity index (χ0n) is 9.00. The van der Waals surface area contributed by atoms with E-state index in [0.29, 0.717) is 6.42 Å². The summed E-state index contributed by atoms with van der Waals surface area (Å²) in [5.74, 6) is -0.0357. The van der Waals surface area contributed by atoms with Crippen LogP contribution < -0.4 is 0 Å². The fourth-order valence-electron chi connectivity index (χ4n) is 1.62. The van der Waals surface area contributed by atoms with Crippen molar-refractivity contribution in [2.24, 2.45) is 0 Å². The van der Waals surface area contributed by atoms with Crippen molar-refractivity contribution in [2.75, 3.05) is 0 Å². The van der Waals surface area contributed by atoms with Crippen molar-refractivity contribution < 1.29 is 9.53 Å². The van der Waals surface area contributed by atoms with E-state index in [4.69, 9.17) is 4.74 Å². The molecule has 1 heterocycles. The van der Waals surface area contributed by atoms with Crippen molar-refractivity contribution in [3.05, 3.63) is 12.2 Å². The van der Waals surface area contributed by atoms with Gasteiger partial charge >= 0.3 is 5.97 Å². The average molecular weight is 196 g/mol. The molecule has 0 aromatic carbocycles. The Bertz CT molecular complexity index is 196. The van der Waals surface area contributed by atoms with Crippen LogP contribution in [0, 0.1) is 0 Å². The van der Waals surface area contributed by atoms with E-state index in [-0.39, 0.29) is 12.1 Å². The van der Waals surface area contributed by atoms with Gasteiger partial charge in [-0.1, -0.05) is 25.0 Å². The van der Waals surface area contributed by atoms with Crippen LogP contribution in [0.5, 0.6) is 0 Å². The molecule has 14 heavy (non-hydrogen) atoms. The van der Waals surface area contributed by atoms with Crippen molar-refractivity contribution in [1.82, 2.24) is 0 Å². The summed E-state index contributed by atoms with van der Waals surface area (Å²) >= 11 is 0. The average Bonchev–Trinajstić information content (AvgIpc) is 2.13. The Morgan fingerprint density at radius 3 is 2.86 bits per heavy atom. The number of esters is 1. The lowest BCUT2D eigenvalue weighted by Gasteiger charge is -2.11. The van der Waals surface area contributed by atoms with Gasteiger partial charge < -0.3 is 4.74 Å². The van der Waals surface area contributed by atoms with Gasteiger partial charge in [-0.05, 0) is 26.2 Å². The van der Waals surface area contributed by atoms with E-state index >= 15 is 0 Å². The third kappa shape index (κ3) is 5.05. The van der Waals surface area contributed by atoms with Gasteiger partial charge in [0.1, 0.15) is 6.10 Å². The third-order valence-corrected chi connectivity index (χ3v) is 2.47. The number of hydrogen-bond donors (Lipinski definition) is 0. The minimum Gasteiger partial charge on any atom is -0.462 e. The first-order chi connectivity index (χ1) is 6.79. The van der Waals surface area contributed by atoms with Gasteiger partial charge in [0.05, 0.1) is 0 Å². The van der Waals surface area contributed by atoms with E-state index in [9.17, 15) is 4.79 Å². The highest BCUT2D eigenvalue weighted by Crippen LogP contribution is 2.10. The molecule has 1 aliphatic rings. The predicted octanol–water partition coefficient (Wildman–Crippen LogP) is 3.22. The van der Waals surface area contributed by atoms with Crippen LogP contribution in [0.15, 0.2) is 12.2 Å². The van der Waals surface area contributed by atoms with E-state index in [1.54, 1.807) is 0 Å². The first kappa shape index (κ1) is 11.3. The summed E-state index contributed by atoms with van der Waals surface area (Å²) in [5, 5.41) is 0. The summed E-state index contributed by atoms with van der Waals surface area (Å²) in [4.78, 5) is 11.3. The number of carbonyl (C=O) groups is 1. The van der Waals surface area contributed by atoms with Gasteiger partial charge in [-0.3, -0.25) is 4.79 Å². The fourth-order valence-corrected chi connectivity index (χ4v) is 1.62.